The number of methoxy groups -OCH3 is 2. The number of anilines is 1. The average molecular weight is 463 g/mol. The first-order valence-corrected chi connectivity index (χ1v) is 11.7. The average Bonchev–Trinajstić information content (AvgIpc) is 3.23. The molecule has 0 spiro atoms. The first kappa shape index (κ1) is 21.2. The van der Waals surface area contributed by atoms with Gasteiger partial charge in [0.15, 0.2) is 5.65 Å². The van der Waals surface area contributed by atoms with Crippen LogP contribution < -0.4 is 14.8 Å². The number of ether oxygens (including phenoxy) is 2. The summed E-state index contributed by atoms with van der Waals surface area (Å²) >= 11 is 0. The Kier molecular flexibility index (Phi) is 5.14. The molecule has 5 aromatic rings. The maximum atomic E-state index is 5.38. The zero-order valence-electron chi connectivity index (χ0n) is 20.0. The number of nitrogens with one attached hydrogen (secondary N) is 1. The number of aryl methyl sites for hydroxylation is 1. The lowest BCUT2D eigenvalue weighted by atomic mass is 9.89. The van der Waals surface area contributed by atoms with Crippen LogP contribution in [0.25, 0.3) is 33.4 Å². The van der Waals surface area contributed by atoms with Gasteiger partial charge in [-0.1, -0.05) is 30.3 Å². The van der Waals surface area contributed by atoms with Crippen LogP contribution in [-0.4, -0.2) is 29.0 Å². The standard InChI is InChI=1S/C29H26N4O2/c1-18-26-27-23-6-4-5-7-25(23)30-16-24(27)28(20-10-14-22(35-3)15-11-20)31-29(26)33(32-18)17-19-8-12-21(34-2)13-9-19/h4-15,30H,16-17H2,1-3H3. The van der Waals surface area contributed by atoms with Crippen LogP contribution in [0.4, 0.5) is 5.69 Å². The summed E-state index contributed by atoms with van der Waals surface area (Å²) in [7, 11) is 3.36. The first-order chi connectivity index (χ1) is 17.2. The van der Waals surface area contributed by atoms with Gasteiger partial charge in [-0.2, -0.15) is 5.10 Å². The number of pyridine rings is 1. The second kappa shape index (κ2) is 8.47. The van der Waals surface area contributed by atoms with Crippen molar-refractivity contribution in [1.29, 1.82) is 0 Å². The molecular formula is C29H26N4O2. The lowest BCUT2D eigenvalue weighted by Crippen LogP contribution is -2.12. The van der Waals surface area contributed by atoms with Crippen LogP contribution in [0.2, 0.25) is 0 Å². The fourth-order valence-electron chi connectivity index (χ4n) is 4.93. The molecule has 1 aliphatic rings. The molecule has 35 heavy (non-hydrogen) atoms. The smallest absolute Gasteiger partial charge is 0.159 e. The first-order valence-electron chi connectivity index (χ1n) is 11.7. The molecule has 0 saturated carbocycles. The maximum absolute atomic E-state index is 5.38. The molecule has 6 rings (SSSR count). The van der Waals surface area contributed by atoms with Crippen molar-refractivity contribution in [2.45, 2.75) is 20.0 Å². The van der Waals surface area contributed by atoms with Crippen molar-refractivity contribution in [1.82, 2.24) is 14.8 Å². The molecule has 1 aliphatic heterocycles. The van der Waals surface area contributed by atoms with Gasteiger partial charge in [-0.25, -0.2) is 9.67 Å². The minimum absolute atomic E-state index is 0.627. The summed E-state index contributed by atoms with van der Waals surface area (Å²) in [5.41, 5.74) is 9.76. The third-order valence-electron chi connectivity index (χ3n) is 6.66. The molecule has 1 N–H and O–H groups in total. The molecule has 0 radical (unpaired) electrons. The number of fused-ring (bicyclic) bond motifs is 5. The number of nitrogens with zero attached hydrogens (tertiary/aromatic N) is 3. The maximum Gasteiger partial charge on any atom is 0.159 e. The Labute approximate surface area is 204 Å². The predicted octanol–water partition coefficient (Wildman–Crippen LogP) is 6.06. The van der Waals surface area contributed by atoms with Gasteiger partial charge < -0.3 is 14.8 Å². The zero-order valence-corrected chi connectivity index (χ0v) is 20.0. The Morgan fingerprint density at radius 3 is 2.29 bits per heavy atom. The lowest BCUT2D eigenvalue weighted by molar-refractivity contribution is 0.414. The van der Waals surface area contributed by atoms with E-state index in [1.165, 1.54) is 16.7 Å². The van der Waals surface area contributed by atoms with E-state index in [0.717, 1.165) is 50.7 Å². The van der Waals surface area contributed by atoms with Crippen molar-refractivity contribution >= 4 is 16.7 Å². The van der Waals surface area contributed by atoms with Gasteiger partial charge in [0.05, 0.1) is 37.5 Å². The normalized spacial score (nSPS) is 12.1. The molecular weight excluding hydrogens is 436 g/mol. The fourth-order valence-corrected chi connectivity index (χ4v) is 4.93. The van der Waals surface area contributed by atoms with E-state index in [1.54, 1.807) is 14.2 Å². The van der Waals surface area contributed by atoms with Crippen LogP contribution in [-0.2, 0) is 13.1 Å². The summed E-state index contributed by atoms with van der Waals surface area (Å²) in [6, 6.07) is 24.7. The Morgan fingerprint density at radius 1 is 0.886 bits per heavy atom. The highest BCUT2D eigenvalue weighted by molar-refractivity contribution is 6.03. The van der Waals surface area contributed by atoms with Crippen molar-refractivity contribution in [3.8, 4) is 33.9 Å². The highest BCUT2D eigenvalue weighted by Crippen LogP contribution is 2.44. The minimum Gasteiger partial charge on any atom is -0.497 e. The van der Waals surface area contributed by atoms with Crippen molar-refractivity contribution in [3.05, 3.63) is 89.6 Å². The van der Waals surface area contributed by atoms with E-state index in [4.69, 9.17) is 19.6 Å². The molecule has 3 heterocycles. The summed E-state index contributed by atoms with van der Waals surface area (Å²) < 4.78 is 12.7. The summed E-state index contributed by atoms with van der Waals surface area (Å²) in [4.78, 5) is 5.23. The topological polar surface area (TPSA) is 61.2 Å². The second-order valence-electron chi connectivity index (χ2n) is 8.73. The molecule has 6 heteroatoms. The van der Waals surface area contributed by atoms with E-state index in [2.05, 4.69) is 60.8 Å². The third kappa shape index (κ3) is 3.58. The predicted molar refractivity (Wildman–Crippen MR) is 139 cm³/mol. The highest BCUT2D eigenvalue weighted by atomic mass is 16.5. The van der Waals surface area contributed by atoms with Gasteiger partial charge in [0.25, 0.3) is 0 Å². The second-order valence-corrected chi connectivity index (χ2v) is 8.73. The number of hydrogen-bond donors (Lipinski definition) is 1. The summed E-state index contributed by atoms with van der Waals surface area (Å²) in [6.07, 6.45) is 0. The van der Waals surface area contributed by atoms with Crippen LogP contribution in [0.15, 0.2) is 72.8 Å². The van der Waals surface area contributed by atoms with Gasteiger partial charge in [-0.15, -0.1) is 0 Å². The molecule has 3 aromatic carbocycles. The third-order valence-corrected chi connectivity index (χ3v) is 6.66. The van der Waals surface area contributed by atoms with Crippen LogP contribution in [0.1, 0.15) is 16.8 Å². The van der Waals surface area contributed by atoms with E-state index in [1.807, 2.05) is 28.9 Å². The van der Waals surface area contributed by atoms with Crippen molar-refractivity contribution in [2.24, 2.45) is 0 Å². The number of rotatable bonds is 5. The van der Waals surface area contributed by atoms with Crippen molar-refractivity contribution in [3.63, 3.8) is 0 Å². The van der Waals surface area contributed by atoms with Gasteiger partial charge >= 0.3 is 0 Å². The number of benzene rings is 3. The molecule has 0 aliphatic carbocycles. The van der Waals surface area contributed by atoms with Crippen molar-refractivity contribution in [2.75, 3.05) is 19.5 Å². The summed E-state index contributed by atoms with van der Waals surface area (Å²) in [5, 5.41) is 9.65. The largest absolute Gasteiger partial charge is 0.497 e. The Hall–Kier alpha value is -4.32. The quantitative estimate of drug-likeness (QED) is 0.344. The Bertz CT molecular complexity index is 1540. The Balaban J connectivity index is 1.59. The van der Waals surface area contributed by atoms with E-state index in [9.17, 15) is 0 Å². The lowest BCUT2D eigenvalue weighted by Gasteiger charge is -2.25. The SMILES string of the molecule is COc1ccc(Cn2nc(C)c3c4c(c(-c5ccc(OC)cc5)nc32)CNc2ccccc2-4)cc1. The summed E-state index contributed by atoms with van der Waals surface area (Å²) in [5.74, 6) is 1.67. The molecule has 0 atom stereocenters. The fraction of sp³-hybridized carbons (Fsp3) is 0.172. The van der Waals surface area contributed by atoms with Gasteiger partial charge in [-0.05, 0) is 55.0 Å². The van der Waals surface area contributed by atoms with Gasteiger partial charge in [0, 0.05) is 34.5 Å². The van der Waals surface area contributed by atoms with Crippen LogP contribution in [0, 0.1) is 6.92 Å². The van der Waals surface area contributed by atoms with Crippen LogP contribution in [0.3, 0.4) is 0 Å². The molecule has 0 saturated heterocycles. The zero-order chi connectivity index (χ0) is 23.9. The molecule has 6 nitrogen and oxygen atoms in total. The highest BCUT2D eigenvalue weighted by Gasteiger charge is 2.26. The van der Waals surface area contributed by atoms with Crippen molar-refractivity contribution < 1.29 is 9.47 Å². The summed E-state index contributed by atoms with van der Waals surface area (Å²) in [6.45, 7) is 3.41. The monoisotopic (exact) mass is 462 g/mol. The van der Waals surface area contributed by atoms with Crippen LogP contribution in [0.5, 0.6) is 11.5 Å². The van der Waals surface area contributed by atoms with E-state index in [-0.39, 0.29) is 0 Å². The Morgan fingerprint density at radius 2 is 1.57 bits per heavy atom. The van der Waals surface area contributed by atoms with Gasteiger partial charge in [0.2, 0.25) is 0 Å². The van der Waals surface area contributed by atoms with Crippen LogP contribution >= 0.6 is 0 Å². The molecule has 0 fully saturated rings. The molecule has 0 bridgehead atoms. The minimum atomic E-state index is 0.627. The van der Waals surface area contributed by atoms with E-state index in [0.29, 0.717) is 13.1 Å². The van der Waals surface area contributed by atoms with Gasteiger partial charge in [0.1, 0.15) is 11.5 Å². The number of hydrogen-bond acceptors (Lipinski definition) is 5. The molecule has 0 amide bonds. The molecule has 174 valence electrons. The number of aromatic nitrogens is 3. The molecule has 0 unspecified atom stereocenters. The van der Waals surface area contributed by atoms with E-state index >= 15 is 0 Å². The molecule has 2 aromatic heterocycles. The van der Waals surface area contributed by atoms with E-state index < -0.39 is 0 Å². The van der Waals surface area contributed by atoms with Gasteiger partial charge in [-0.3, -0.25) is 0 Å². The number of para-hydroxylation sites is 1.